The van der Waals surface area contributed by atoms with Gasteiger partial charge in [0.05, 0.1) is 6.10 Å². The second kappa shape index (κ2) is 15.0. The predicted molar refractivity (Wildman–Crippen MR) is 80.5 cm³/mol. The quantitative estimate of drug-likeness (QED) is 0.325. The molecular formula is C17H35O. The van der Waals surface area contributed by atoms with E-state index in [0.29, 0.717) is 0 Å². The van der Waals surface area contributed by atoms with Crippen molar-refractivity contribution in [3.8, 4) is 0 Å². The van der Waals surface area contributed by atoms with E-state index in [9.17, 15) is 5.11 Å². The zero-order chi connectivity index (χ0) is 13.5. The highest BCUT2D eigenvalue weighted by atomic mass is 16.3. The molecule has 0 heterocycles. The van der Waals surface area contributed by atoms with Crippen LogP contribution < -0.4 is 0 Å². The lowest BCUT2D eigenvalue weighted by Crippen LogP contribution is -1.95. The van der Waals surface area contributed by atoms with E-state index in [4.69, 9.17) is 0 Å². The van der Waals surface area contributed by atoms with Crippen molar-refractivity contribution in [2.24, 2.45) is 0 Å². The zero-order valence-electron chi connectivity index (χ0n) is 12.9. The van der Waals surface area contributed by atoms with Gasteiger partial charge in [-0.15, -0.1) is 0 Å². The molecule has 0 amide bonds. The SMILES string of the molecule is CCCCCCCCCCCCCCCC(C)[O]. The fraction of sp³-hybridized carbons (Fsp3) is 1.00. The van der Waals surface area contributed by atoms with Gasteiger partial charge in [0.1, 0.15) is 0 Å². The summed E-state index contributed by atoms with van der Waals surface area (Å²) in [4.78, 5) is 0. The molecule has 0 aliphatic rings. The summed E-state index contributed by atoms with van der Waals surface area (Å²) >= 11 is 0. The van der Waals surface area contributed by atoms with Crippen LogP contribution in [0.3, 0.4) is 0 Å². The molecule has 0 aromatic rings. The van der Waals surface area contributed by atoms with Crippen LogP contribution in [0.4, 0.5) is 0 Å². The van der Waals surface area contributed by atoms with Gasteiger partial charge < -0.3 is 0 Å². The lowest BCUT2D eigenvalue weighted by molar-refractivity contribution is 0.0950. The molecule has 0 fully saturated rings. The highest BCUT2D eigenvalue weighted by molar-refractivity contribution is 4.51. The molecule has 0 aliphatic heterocycles. The van der Waals surface area contributed by atoms with Gasteiger partial charge in [0.2, 0.25) is 0 Å². The zero-order valence-corrected chi connectivity index (χ0v) is 12.9. The topological polar surface area (TPSA) is 19.9 Å². The molecule has 0 saturated heterocycles. The molecule has 0 aromatic heterocycles. The van der Waals surface area contributed by atoms with Crippen molar-refractivity contribution in [1.29, 1.82) is 0 Å². The second-order valence-corrected chi connectivity index (χ2v) is 5.84. The van der Waals surface area contributed by atoms with E-state index in [1.54, 1.807) is 6.92 Å². The first-order valence-electron chi connectivity index (χ1n) is 8.43. The van der Waals surface area contributed by atoms with E-state index >= 15 is 0 Å². The molecule has 0 N–H and O–H groups in total. The molecule has 0 aromatic carbocycles. The molecule has 1 heteroatoms. The third-order valence-electron chi connectivity index (χ3n) is 3.71. The smallest absolute Gasteiger partial charge is 0.0902 e. The molecule has 0 bridgehead atoms. The van der Waals surface area contributed by atoms with Crippen molar-refractivity contribution in [3.63, 3.8) is 0 Å². The molecule has 0 saturated carbocycles. The Bertz CT molecular complexity index is 143. The lowest BCUT2D eigenvalue weighted by atomic mass is 10.0. The summed E-state index contributed by atoms with van der Waals surface area (Å²) in [5, 5.41) is 10.8. The summed E-state index contributed by atoms with van der Waals surface area (Å²) in [6.07, 6.45) is 18.5. The third-order valence-corrected chi connectivity index (χ3v) is 3.71. The van der Waals surface area contributed by atoms with Crippen LogP contribution in [-0.4, -0.2) is 6.10 Å². The highest BCUT2D eigenvalue weighted by Crippen LogP contribution is 2.13. The number of hydrogen-bond acceptors (Lipinski definition) is 0. The summed E-state index contributed by atoms with van der Waals surface area (Å²) in [5.41, 5.74) is 0. The highest BCUT2D eigenvalue weighted by Gasteiger charge is 1.97. The maximum Gasteiger partial charge on any atom is 0.0902 e. The number of rotatable bonds is 14. The minimum absolute atomic E-state index is 0.349. The minimum atomic E-state index is -0.349. The molecule has 109 valence electrons. The summed E-state index contributed by atoms with van der Waals surface area (Å²) in [6.45, 7) is 4.05. The van der Waals surface area contributed by atoms with Crippen LogP contribution >= 0.6 is 0 Å². The average molecular weight is 255 g/mol. The number of unbranched alkanes of at least 4 members (excludes halogenated alkanes) is 12. The van der Waals surface area contributed by atoms with Crippen molar-refractivity contribution in [2.45, 2.75) is 110 Å². The van der Waals surface area contributed by atoms with Crippen molar-refractivity contribution >= 4 is 0 Å². The fourth-order valence-corrected chi connectivity index (χ4v) is 2.45. The predicted octanol–water partition coefficient (Wildman–Crippen LogP) is 6.29. The van der Waals surface area contributed by atoms with Gasteiger partial charge in [-0.2, -0.15) is 0 Å². The van der Waals surface area contributed by atoms with Crippen LogP contribution in [0.1, 0.15) is 104 Å². The Kier molecular flexibility index (Phi) is 15.0. The summed E-state index contributed by atoms with van der Waals surface area (Å²) in [7, 11) is 0. The van der Waals surface area contributed by atoms with Crippen molar-refractivity contribution < 1.29 is 5.11 Å². The first-order chi connectivity index (χ1) is 8.77. The van der Waals surface area contributed by atoms with E-state index in [0.717, 1.165) is 12.8 Å². The second-order valence-electron chi connectivity index (χ2n) is 5.84. The Morgan fingerprint density at radius 2 is 0.944 bits per heavy atom. The lowest BCUT2D eigenvalue weighted by Gasteiger charge is -2.03. The van der Waals surface area contributed by atoms with Crippen LogP contribution in [0.2, 0.25) is 0 Å². The van der Waals surface area contributed by atoms with Crippen molar-refractivity contribution in [3.05, 3.63) is 0 Å². The molecule has 0 aliphatic carbocycles. The molecule has 0 spiro atoms. The molecule has 1 radical (unpaired) electrons. The fourth-order valence-electron chi connectivity index (χ4n) is 2.45. The molecule has 1 atom stereocenters. The summed E-state index contributed by atoms with van der Waals surface area (Å²) in [6, 6.07) is 0. The van der Waals surface area contributed by atoms with Gasteiger partial charge in [-0.05, 0) is 13.3 Å². The van der Waals surface area contributed by atoms with Crippen LogP contribution in [0.15, 0.2) is 0 Å². The number of hydrogen-bond donors (Lipinski definition) is 0. The molecule has 1 nitrogen and oxygen atoms in total. The van der Waals surface area contributed by atoms with Gasteiger partial charge in [0.25, 0.3) is 0 Å². The van der Waals surface area contributed by atoms with E-state index in [1.165, 1.54) is 77.0 Å². The van der Waals surface area contributed by atoms with Crippen LogP contribution in [0.25, 0.3) is 0 Å². The standard InChI is InChI=1S/C17H35O/c1-3-4-5-6-7-8-9-10-11-12-13-14-15-16-17(2)18/h17H,3-16H2,1-2H3. The van der Waals surface area contributed by atoms with Gasteiger partial charge in [0, 0.05) is 0 Å². The Morgan fingerprint density at radius 3 is 1.28 bits per heavy atom. The van der Waals surface area contributed by atoms with Gasteiger partial charge in [-0.3, -0.25) is 0 Å². The van der Waals surface area contributed by atoms with Crippen LogP contribution in [0.5, 0.6) is 0 Å². The van der Waals surface area contributed by atoms with Gasteiger partial charge >= 0.3 is 0 Å². The van der Waals surface area contributed by atoms with E-state index < -0.39 is 0 Å². The minimum Gasteiger partial charge on any atom is -0.233 e. The Labute approximate surface area is 115 Å². The maximum absolute atomic E-state index is 10.8. The van der Waals surface area contributed by atoms with Gasteiger partial charge in [-0.25, -0.2) is 5.11 Å². The largest absolute Gasteiger partial charge is 0.233 e. The maximum atomic E-state index is 10.8. The van der Waals surface area contributed by atoms with E-state index in [2.05, 4.69) is 6.92 Å². The van der Waals surface area contributed by atoms with Crippen LogP contribution in [0, 0.1) is 0 Å². The molecule has 1 unspecified atom stereocenters. The Hall–Kier alpha value is -0.0400. The Morgan fingerprint density at radius 1 is 0.611 bits per heavy atom. The first kappa shape index (κ1) is 18.0. The molecule has 0 rings (SSSR count). The van der Waals surface area contributed by atoms with Gasteiger partial charge in [-0.1, -0.05) is 90.4 Å². The first-order valence-corrected chi connectivity index (χ1v) is 8.43. The normalized spacial score (nSPS) is 12.8. The molecule has 18 heavy (non-hydrogen) atoms. The monoisotopic (exact) mass is 255 g/mol. The third kappa shape index (κ3) is 16.0. The van der Waals surface area contributed by atoms with Crippen LogP contribution in [-0.2, 0) is 5.11 Å². The summed E-state index contributed by atoms with van der Waals surface area (Å²) in [5.74, 6) is 0. The van der Waals surface area contributed by atoms with Crippen molar-refractivity contribution in [2.75, 3.05) is 0 Å². The van der Waals surface area contributed by atoms with Gasteiger partial charge in [0.15, 0.2) is 0 Å². The van der Waals surface area contributed by atoms with E-state index in [-0.39, 0.29) is 6.10 Å². The average Bonchev–Trinajstić information content (AvgIpc) is 2.34. The summed E-state index contributed by atoms with van der Waals surface area (Å²) < 4.78 is 0. The molecular weight excluding hydrogens is 220 g/mol. The van der Waals surface area contributed by atoms with Crippen molar-refractivity contribution in [1.82, 2.24) is 0 Å². The Balaban J connectivity index is 2.90. The van der Waals surface area contributed by atoms with E-state index in [1.807, 2.05) is 0 Å².